The summed E-state index contributed by atoms with van der Waals surface area (Å²) in [5.41, 5.74) is 15.4. The molecule has 2 aliphatic rings. The monoisotopic (exact) mass is 529 g/mol. The Balaban J connectivity index is 1.39. The van der Waals surface area contributed by atoms with Crippen LogP contribution in [0.5, 0.6) is 0 Å². The average Bonchev–Trinajstić information content (AvgIpc) is 3.58. The molecule has 0 aromatic carbocycles. The summed E-state index contributed by atoms with van der Waals surface area (Å²) in [5.74, 6) is 0.146. The molecule has 1 amide bonds. The summed E-state index contributed by atoms with van der Waals surface area (Å²) < 4.78 is 1.49. The number of fused-ring (bicyclic) bond motifs is 3. The Hall–Kier alpha value is -4.32. The number of carbonyl (C=O) groups excluding carboxylic acids is 2. The number of piperidine rings is 1. The fraction of sp³-hybridized carbons (Fsp3) is 0.407. The van der Waals surface area contributed by atoms with E-state index >= 15 is 0 Å². The van der Waals surface area contributed by atoms with Gasteiger partial charge in [0.15, 0.2) is 11.4 Å². The largest absolute Gasteiger partial charge is 0.384 e. The van der Waals surface area contributed by atoms with Gasteiger partial charge in [-0.3, -0.25) is 19.7 Å². The molecule has 6 rings (SSSR count). The molecule has 2 fully saturated rings. The number of pyridine rings is 1. The SMILES string of the molecule is CC(=O)c1c([C@H]2C[C@H]3CC[C@@H](C2)N3C(=O)c2cn[nH]c2N)nc2c(-c3ccc(C(C)(C)O)nc3)cnn2c1N. The van der Waals surface area contributed by atoms with E-state index < -0.39 is 5.60 Å². The second-order valence-corrected chi connectivity index (χ2v) is 11.1. The van der Waals surface area contributed by atoms with Gasteiger partial charge in [0.25, 0.3) is 5.91 Å². The van der Waals surface area contributed by atoms with Crippen molar-refractivity contribution in [3.8, 4) is 11.1 Å². The zero-order valence-electron chi connectivity index (χ0n) is 22.0. The fourth-order valence-corrected chi connectivity index (χ4v) is 6.15. The summed E-state index contributed by atoms with van der Waals surface area (Å²) in [6.07, 6.45) is 7.86. The number of Topliss-reactive ketones (excluding diaryl/α,β-unsaturated/α-hetero) is 1. The first-order valence-corrected chi connectivity index (χ1v) is 13.0. The van der Waals surface area contributed by atoms with Crippen LogP contribution in [0.2, 0.25) is 0 Å². The van der Waals surface area contributed by atoms with E-state index in [9.17, 15) is 14.7 Å². The number of amides is 1. The van der Waals surface area contributed by atoms with Crippen LogP contribution < -0.4 is 11.5 Å². The summed E-state index contributed by atoms with van der Waals surface area (Å²) in [5, 5.41) is 21.2. The number of hydrogen-bond donors (Lipinski definition) is 4. The number of H-pyrrole nitrogens is 1. The van der Waals surface area contributed by atoms with E-state index in [0.29, 0.717) is 41.0 Å². The Morgan fingerprint density at radius 3 is 2.38 bits per heavy atom. The molecule has 0 spiro atoms. The lowest BCUT2D eigenvalue weighted by molar-refractivity contribution is 0.0569. The first kappa shape index (κ1) is 25.0. The molecule has 39 heavy (non-hydrogen) atoms. The number of anilines is 2. The molecule has 4 aromatic heterocycles. The van der Waals surface area contributed by atoms with Crippen LogP contribution >= 0.6 is 0 Å². The van der Waals surface area contributed by atoms with Crippen molar-refractivity contribution in [3.63, 3.8) is 0 Å². The van der Waals surface area contributed by atoms with E-state index in [-0.39, 0.29) is 41.3 Å². The normalized spacial score (nSPS) is 21.0. The lowest BCUT2D eigenvalue weighted by atomic mass is 9.85. The van der Waals surface area contributed by atoms with Gasteiger partial charge in [-0.2, -0.15) is 14.7 Å². The molecule has 0 unspecified atom stereocenters. The quantitative estimate of drug-likeness (QED) is 0.282. The van der Waals surface area contributed by atoms with E-state index in [0.717, 1.165) is 24.0 Å². The van der Waals surface area contributed by atoms with Crippen LogP contribution in [0.15, 0.2) is 30.7 Å². The van der Waals surface area contributed by atoms with Crippen LogP contribution in [0.4, 0.5) is 11.6 Å². The summed E-state index contributed by atoms with van der Waals surface area (Å²) in [6.45, 7) is 4.85. The van der Waals surface area contributed by atoms with Crippen LogP contribution in [-0.4, -0.2) is 63.6 Å². The molecule has 202 valence electrons. The Morgan fingerprint density at radius 2 is 1.82 bits per heavy atom. The molecular weight excluding hydrogens is 498 g/mol. The van der Waals surface area contributed by atoms with Gasteiger partial charge in [-0.1, -0.05) is 6.07 Å². The van der Waals surface area contributed by atoms with Crippen molar-refractivity contribution in [2.45, 2.75) is 70.1 Å². The minimum absolute atomic E-state index is 0.00225. The molecule has 3 atom stereocenters. The fourth-order valence-electron chi connectivity index (χ4n) is 6.15. The van der Waals surface area contributed by atoms with Crippen LogP contribution in [0.1, 0.15) is 84.5 Å². The summed E-state index contributed by atoms with van der Waals surface area (Å²) >= 11 is 0. The first-order valence-electron chi connectivity index (χ1n) is 13.0. The molecule has 12 heteroatoms. The Bertz CT molecular complexity index is 1590. The molecule has 2 bridgehead atoms. The molecule has 4 aromatic rings. The molecule has 0 saturated carbocycles. The van der Waals surface area contributed by atoms with Crippen molar-refractivity contribution in [2.24, 2.45) is 0 Å². The molecule has 0 aliphatic carbocycles. The highest BCUT2D eigenvalue weighted by molar-refractivity contribution is 6.01. The van der Waals surface area contributed by atoms with Crippen LogP contribution in [-0.2, 0) is 5.60 Å². The third kappa shape index (κ3) is 4.02. The standard InChI is InChI=1S/C27H31N9O3/c1-13(37)21-22(15-8-16-5-6-17(9-15)35(16)26(38)19-11-31-34-23(19)28)33-25-18(12-32-36(25)24(21)29)14-4-7-20(30-10-14)27(2,3)39/h4,7,10-12,15-17,39H,5-6,8-9,29H2,1-3H3,(H3,28,31,34)/t15-,16+,17-. The second-order valence-electron chi connectivity index (χ2n) is 11.1. The van der Waals surface area contributed by atoms with Crippen LogP contribution in [0.3, 0.4) is 0 Å². The molecule has 12 nitrogen and oxygen atoms in total. The van der Waals surface area contributed by atoms with Gasteiger partial charge in [-0.05, 0) is 52.5 Å². The maximum Gasteiger partial charge on any atom is 0.259 e. The molecular formula is C27H31N9O3. The highest BCUT2D eigenvalue weighted by Gasteiger charge is 2.45. The van der Waals surface area contributed by atoms with Gasteiger partial charge in [0.05, 0.1) is 29.3 Å². The van der Waals surface area contributed by atoms with Crippen LogP contribution in [0, 0.1) is 0 Å². The maximum absolute atomic E-state index is 13.3. The van der Waals surface area contributed by atoms with Gasteiger partial charge >= 0.3 is 0 Å². The predicted octanol–water partition coefficient (Wildman–Crippen LogP) is 2.66. The number of hydrogen-bond acceptors (Lipinski definition) is 9. The number of nitrogens with two attached hydrogens (primary N) is 2. The zero-order valence-corrected chi connectivity index (χ0v) is 22.0. The predicted molar refractivity (Wildman–Crippen MR) is 144 cm³/mol. The van der Waals surface area contributed by atoms with Gasteiger partial charge in [0.1, 0.15) is 22.8 Å². The van der Waals surface area contributed by atoms with Gasteiger partial charge < -0.3 is 21.5 Å². The summed E-state index contributed by atoms with van der Waals surface area (Å²) in [4.78, 5) is 37.5. The van der Waals surface area contributed by atoms with E-state index in [1.165, 1.54) is 17.6 Å². The number of nitrogens with one attached hydrogen (secondary N) is 1. The zero-order chi connectivity index (χ0) is 27.6. The van der Waals surface area contributed by atoms with Gasteiger partial charge in [-0.15, -0.1) is 0 Å². The van der Waals surface area contributed by atoms with Gasteiger partial charge in [0.2, 0.25) is 0 Å². The van der Waals surface area contributed by atoms with E-state index in [4.69, 9.17) is 16.5 Å². The number of nitrogen functional groups attached to an aromatic ring is 2. The highest BCUT2D eigenvalue weighted by Crippen LogP contribution is 2.45. The molecule has 0 radical (unpaired) electrons. The molecule has 2 aliphatic heterocycles. The number of ketones is 1. The lowest BCUT2D eigenvalue weighted by Crippen LogP contribution is -2.46. The lowest BCUT2D eigenvalue weighted by Gasteiger charge is -2.39. The van der Waals surface area contributed by atoms with Crippen molar-refractivity contribution >= 4 is 29.0 Å². The van der Waals surface area contributed by atoms with Crippen molar-refractivity contribution < 1.29 is 14.7 Å². The molecule has 6 N–H and O–H groups in total. The van der Waals surface area contributed by atoms with Gasteiger partial charge in [-0.25, -0.2) is 4.98 Å². The van der Waals surface area contributed by atoms with Crippen molar-refractivity contribution in [3.05, 3.63) is 53.2 Å². The third-order valence-corrected chi connectivity index (χ3v) is 8.02. The minimum Gasteiger partial charge on any atom is -0.384 e. The average molecular weight is 530 g/mol. The minimum atomic E-state index is -1.06. The number of aliphatic hydroxyl groups is 1. The van der Waals surface area contributed by atoms with E-state index in [1.807, 2.05) is 11.0 Å². The summed E-state index contributed by atoms with van der Waals surface area (Å²) in [6, 6.07) is 3.62. The second kappa shape index (κ2) is 8.87. The Morgan fingerprint density at radius 1 is 1.10 bits per heavy atom. The maximum atomic E-state index is 13.3. The third-order valence-electron chi connectivity index (χ3n) is 8.02. The number of carbonyl (C=O) groups is 2. The smallest absolute Gasteiger partial charge is 0.259 e. The van der Waals surface area contributed by atoms with Gasteiger partial charge in [0, 0.05) is 35.3 Å². The van der Waals surface area contributed by atoms with Crippen LogP contribution in [0.25, 0.3) is 16.8 Å². The Labute approximate surface area is 224 Å². The summed E-state index contributed by atoms with van der Waals surface area (Å²) in [7, 11) is 0. The number of aromatic amines is 1. The number of rotatable bonds is 5. The topological polar surface area (TPSA) is 181 Å². The van der Waals surface area contributed by atoms with Crippen molar-refractivity contribution in [1.29, 1.82) is 0 Å². The highest BCUT2D eigenvalue weighted by atomic mass is 16.3. The first-order chi connectivity index (χ1) is 18.5. The Kier molecular flexibility index (Phi) is 5.68. The molecule has 2 saturated heterocycles. The van der Waals surface area contributed by atoms with E-state index in [1.54, 1.807) is 32.3 Å². The molecule has 6 heterocycles. The number of nitrogens with zero attached hydrogens (tertiary/aromatic N) is 6. The van der Waals surface area contributed by atoms with Crippen molar-refractivity contribution in [2.75, 3.05) is 11.5 Å². The van der Waals surface area contributed by atoms with Crippen molar-refractivity contribution in [1.82, 2.24) is 34.7 Å². The van der Waals surface area contributed by atoms with E-state index in [2.05, 4.69) is 20.3 Å². The number of aromatic nitrogens is 6.